The Balaban J connectivity index is 1.28. The van der Waals surface area contributed by atoms with E-state index in [4.69, 9.17) is 10.5 Å². The van der Waals surface area contributed by atoms with Crippen LogP contribution in [-0.4, -0.2) is 81.3 Å². The summed E-state index contributed by atoms with van der Waals surface area (Å²) in [7, 11) is 0. The first kappa shape index (κ1) is 31.6. The van der Waals surface area contributed by atoms with Crippen molar-refractivity contribution in [1.29, 1.82) is 0 Å². The number of pyridine rings is 1. The molecule has 46 heavy (non-hydrogen) atoms. The smallest absolute Gasteiger partial charge is 0.276 e. The quantitative estimate of drug-likeness (QED) is 0.350. The van der Waals surface area contributed by atoms with E-state index in [0.717, 1.165) is 25.0 Å². The number of anilines is 2. The number of rotatable bonds is 9. The molecule has 2 aliphatic heterocycles. The Morgan fingerprint density at radius 3 is 2.50 bits per heavy atom. The van der Waals surface area contributed by atoms with E-state index >= 15 is 0 Å². The van der Waals surface area contributed by atoms with Gasteiger partial charge in [-0.3, -0.25) is 14.4 Å². The third-order valence-electron chi connectivity index (χ3n) is 10.2. The highest BCUT2D eigenvalue weighted by Gasteiger charge is 2.69. The van der Waals surface area contributed by atoms with Gasteiger partial charge in [-0.2, -0.15) is 5.11 Å². The molecule has 246 valence electrons. The Hall–Kier alpha value is -4.33. The van der Waals surface area contributed by atoms with Gasteiger partial charge in [-0.1, -0.05) is 20.8 Å². The van der Waals surface area contributed by atoms with Crippen LogP contribution in [0.3, 0.4) is 0 Å². The zero-order valence-corrected chi connectivity index (χ0v) is 27.0. The van der Waals surface area contributed by atoms with Crippen molar-refractivity contribution >= 4 is 29.0 Å². The summed E-state index contributed by atoms with van der Waals surface area (Å²) in [6.07, 6.45) is 7.07. The summed E-state index contributed by atoms with van der Waals surface area (Å²) in [6.45, 7) is 10.2. The summed E-state index contributed by atoms with van der Waals surface area (Å²) < 4.78 is 7.11. The van der Waals surface area contributed by atoms with Gasteiger partial charge in [0.15, 0.2) is 17.3 Å². The predicted molar refractivity (Wildman–Crippen MR) is 171 cm³/mol. The van der Waals surface area contributed by atoms with Gasteiger partial charge in [0.25, 0.3) is 5.91 Å². The number of nitrogens with zero attached hydrogens (tertiary/aromatic N) is 7. The average Bonchev–Trinajstić information content (AvgIpc) is 3.01. The molecule has 14 nitrogen and oxygen atoms in total. The first-order valence-corrected chi connectivity index (χ1v) is 16.1. The van der Waals surface area contributed by atoms with Crippen LogP contribution < -0.4 is 21.4 Å². The molecule has 4 N–H and O–H groups in total. The van der Waals surface area contributed by atoms with Crippen LogP contribution in [0.1, 0.15) is 68.3 Å². The topological polar surface area (TPSA) is 181 Å². The number of nitrogen functional groups attached to an aromatic ring is 1. The Morgan fingerprint density at radius 2 is 1.87 bits per heavy atom. The van der Waals surface area contributed by atoms with Crippen LogP contribution in [0.5, 0.6) is 5.75 Å². The van der Waals surface area contributed by atoms with Crippen LogP contribution in [-0.2, 0) is 22.5 Å². The molecular weight excluding hydrogens is 590 g/mol. The maximum atomic E-state index is 13.9. The summed E-state index contributed by atoms with van der Waals surface area (Å²) >= 11 is 0. The van der Waals surface area contributed by atoms with Gasteiger partial charge >= 0.3 is 0 Å². The SMILES string of the molecule is CCc1c(N2CCN(C(=O)c3ncnc(C)c3O)CC2)c(=O)c(N)c(N=NC2=CCOCC2)n1CC(=O)NC12CC(C(C)C)(C1)C2. The zero-order valence-electron chi connectivity index (χ0n) is 27.0. The lowest BCUT2D eigenvalue weighted by Gasteiger charge is -2.72. The normalized spacial score (nSPS) is 24.1. The van der Waals surface area contributed by atoms with Crippen LogP contribution in [0.4, 0.5) is 17.2 Å². The molecule has 4 heterocycles. The molecule has 2 aromatic heterocycles. The van der Waals surface area contributed by atoms with E-state index in [1.807, 2.05) is 17.9 Å². The molecule has 4 fully saturated rings. The van der Waals surface area contributed by atoms with Gasteiger partial charge in [-0.05, 0) is 50.0 Å². The van der Waals surface area contributed by atoms with Crippen LogP contribution >= 0.6 is 0 Å². The first-order valence-electron chi connectivity index (χ1n) is 16.1. The van der Waals surface area contributed by atoms with E-state index < -0.39 is 5.91 Å². The Morgan fingerprint density at radius 1 is 1.15 bits per heavy atom. The molecule has 0 atom stereocenters. The molecule has 3 aliphatic carbocycles. The van der Waals surface area contributed by atoms with E-state index in [2.05, 4.69) is 39.4 Å². The van der Waals surface area contributed by atoms with Gasteiger partial charge in [0.1, 0.15) is 24.2 Å². The average molecular weight is 634 g/mol. The first-order chi connectivity index (χ1) is 22.0. The molecule has 0 spiro atoms. The summed E-state index contributed by atoms with van der Waals surface area (Å²) in [4.78, 5) is 52.1. The van der Waals surface area contributed by atoms with E-state index in [-0.39, 0.29) is 46.4 Å². The molecule has 2 amide bonds. The minimum absolute atomic E-state index is 0.0507. The zero-order chi connectivity index (χ0) is 32.8. The van der Waals surface area contributed by atoms with E-state index in [1.54, 1.807) is 16.4 Å². The number of carbonyl (C=O) groups is 2. The lowest BCUT2D eigenvalue weighted by atomic mass is 9.36. The van der Waals surface area contributed by atoms with Gasteiger partial charge in [0.2, 0.25) is 11.3 Å². The maximum absolute atomic E-state index is 13.9. The molecule has 2 aromatic rings. The van der Waals surface area contributed by atoms with Crippen LogP contribution in [0.15, 0.2) is 33.1 Å². The van der Waals surface area contributed by atoms with Gasteiger partial charge in [-0.15, -0.1) is 5.11 Å². The maximum Gasteiger partial charge on any atom is 0.276 e. The fourth-order valence-electron chi connectivity index (χ4n) is 7.44. The number of ether oxygens (including phenoxy) is 1. The lowest BCUT2D eigenvalue weighted by molar-refractivity contribution is -0.187. The van der Waals surface area contributed by atoms with E-state index in [1.165, 1.54) is 6.33 Å². The number of nitrogens with two attached hydrogens (primary N) is 1. The minimum atomic E-state index is -0.405. The molecule has 5 aliphatic rings. The number of aryl methyl sites for hydroxylation is 1. The molecule has 0 unspecified atom stereocenters. The van der Waals surface area contributed by atoms with Gasteiger partial charge in [0, 0.05) is 43.8 Å². The molecular formula is C32H43N9O5. The number of aromatic hydroxyl groups is 1. The third kappa shape index (κ3) is 5.52. The lowest BCUT2D eigenvalue weighted by Crippen LogP contribution is -2.76. The molecule has 0 radical (unpaired) electrons. The molecule has 1 saturated heterocycles. The number of hydrogen-bond donors (Lipinski definition) is 3. The summed E-state index contributed by atoms with van der Waals surface area (Å²) in [5, 5.41) is 22.5. The van der Waals surface area contributed by atoms with E-state index in [9.17, 15) is 19.5 Å². The van der Waals surface area contributed by atoms with Crippen LogP contribution in [0.2, 0.25) is 0 Å². The second kappa shape index (κ2) is 12.1. The van der Waals surface area contributed by atoms with Crippen molar-refractivity contribution < 1.29 is 19.4 Å². The Labute approximate surface area is 267 Å². The number of nitrogens with one attached hydrogen (secondary N) is 1. The van der Waals surface area contributed by atoms with Crippen molar-refractivity contribution in [3.8, 4) is 5.75 Å². The highest BCUT2D eigenvalue weighted by Crippen LogP contribution is 2.70. The Bertz CT molecular complexity index is 1650. The van der Waals surface area contributed by atoms with Crippen LogP contribution in [0, 0.1) is 18.3 Å². The summed E-state index contributed by atoms with van der Waals surface area (Å²) in [6, 6.07) is 0. The summed E-state index contributed by atoms with van der Waals surface area (Å²) in [5.41, 5.74) is 8.26. The van der Waals surface area contributed by atoms with Crippen molar-refractivity contribution in [2.45, 2.75) is 71.9 Å². The molecule has 14 heteroatoms. The fourth-order valence-corrected chi connectivity index (χ4v) is 7.44. The predicted octanol–water partition coefficient (Wildman–Crippen LogP) is 2.84. The van der Waals surface area contributed by atoms with Crippen molar-refractivity contribution in [2.24, 2.45) is 21.6 Å². The minimum Gasteiger partial charge on any atom is -0.504 e. The number of carbonyl (C=O) groups excluding carboxylic acids is 2. The monoisotopic (exact) mass is 633 g/mol. The van der Waals surface area contributed by atoms with Gasteiger partial charge in [-0.25, -0.2) is 9.97 Å². The number of azo groups is 1. The van der Waals surface area contributed by atoms with Crippen molar-refractivity contribution in [3.05, 3.63) is 45.4 Å². The largest absolute Gasteiger partial charge is 0.504 e. The number of aromatic nitrogens is 3. The van der Waals surface area contributed by atoms with Crippen molar-refractivity contribution in [1.82, 2.24) is 24.8 Å². The van der Waals surface area contributed by atoms with E-state index in [0.29, 0.717) is 80.6 Å². The molecule has 7 rings (SSSR count). The van der Waals surface area contributed by atoms with Crippen molar-refractivity contribution in [3.63, 3.8) is 0 Å². The van der Waals surface area contributed by atoms with Gasteiger partial charge in [0.05, 0.1) is 24.6 Å². The van der Waals surface area contributed by atoms with Crippen molar-refractivity contribution in [2.75, 3.05) is 50.0 Å². The summed E-state index contributed by atoms with van der Waals surface area (Å²) in [5.74, 6) is -0.0577. The molecule has 3 saturated carbocycles. The standard InChI is InChI=1S/C32H43N9O5/c1-5-22-26(39-8-10-40(11-9-39)30(45)25-27(43)20(4)34-18-35-25)28(44)24(33)29(38-37-21-6-12-46-13-7-21)41(22)14-23(42)36-32-15-31(16-32,17-32)19(2)3/h6,18-19,43H,5,7-17,33H2,1-4H3,(H,36,42). The highest BCUT2D eigenvalue weighted by atomic mass is 16.5. The number of amides is 2. The Kier molecular flexibility index (Phi) is 8.34. The third-order valence-corrected chi connectivity index (χ3v) is 10.2. The molecule has 0 aromatic carbocycles. The van der Waals surface area contributed by atoms with Gasteiger partial charge < -0.3 is 35.3 Å². The highest BCUT2D eigenvalue weighted by molar-refractivity contribution is 5.95. The second-order valence-corrected chi connectivity index (χ2v) is 13.3. The van der Waals surface area contributed by atoms with Crippen LogP contribution in [0.25, 0.3) is 0 Å². The molecule has 2 bridgehead atoms. The number of hydrogen-bond acceptors (Lipinski definition) is 11. The second-order valence-electron chi connectivity index (χ2n) is 13.3. The number of piperazine rings is 1. The fraction of sp³-hybridized carbons (Fsp3) is 0.594.